The van der Waals surface area contributed by atoms with E-state index < -0.39 is 12.3 Å². The summed E-state index contributed by atoms with van der Waals surface area (Å²) in [7, 11) is 0. The van der Waals surface area contributed by atoms with Crippen LogP contribution in [0.15, 0.2) is 57.9 Å². The van der Waals surface area contributed by atoms with Crippen LogP contribution in [0.1, 0.15) is 73.6 Å². The second kappa shape index (κ2) is 11.9. The summed E-state index contributed by atoms with van der Waals surface area (Å²) in [6, 6.07) is 13.0. The molecule has 1 N–H and O–H groups in total. The summed E-state index contributed by atoms with van der Waals surface area (Å²) in [5.41, 5.74) is 1.51. The fourth-order valence-electron chi connectivity index (χ4n) is 5.60. The van der Waals surface area contributed by atoms with Crippen molar-refractivity contribution in [2.75, 3.05) is 0 Å². The average Bonchev–Trinajstić information content (AvgIpc) is 3.67. The maximum atomic E-state index is 13.1. The molecule has 10 heteroatoms. The van der Waals surface area contributed by atoms with Gasteiger partial charge in [-0.25, -0.2) is 4.79 Å². The van der Waals surface area contributed by atoms with Gasteiger partial charge in [-0.1, -0.05) is 43.6 Å². The highest BCUT2D eigenvalue weighted by atomic mass is 32.2. The lowest BCUT2D eigenvalue weighted by atomic mass is 9.79. The monoisotopic (exact) mass is 575 g/mol. The molecular formula is C30H32F3NO5S. The summed E-state index contributed by atoms with van der Waals surface area (Å²) >= 11 is 1.73. The van der Waals surface area contributed by atoms with Crippen LogP contribution >= 0.6 is 11.8 Å². The van der Waals surface area contributed by atoms with Crippen molar-refractivity contribution in [3.63, 3.8) is 0 Å². The van der Waals surface area contributed by atoms with Crippen LogP contribution < -0.4 is 4.74 Å². The molecule has 1 aromatic heterocycles. The van der Waals surface area contributed by atoms with Crippen LogP contribution in [0, 0.1) is 11.8 Å². The molecule has 214 valence electrons. The van der Waals surface area contributed by atoms with Crippen molar-refractivity contribution < 1.29 is 37.1 Å². The molecule has 1 heterocycles. The number of alkyl halides is 3. The Bertz CT molecular complexity index is 1340. The van der Waals surface area contributed by atoms with Gasteiger partial charge in [0.25, 0.3) is 0 Å². The van der Waals surface area contributed by atoms with Crippen molar-refractivity contribution in [3.05, 3.63) is 65.4 Å². The molecule has 0 saturated heterocycles. The molecule has 4 atom stereocenters. The molecular weight excluding hydrogens is 543 g/mol. The SMILES string of the molecule is CCC1CC(OCc2c(-c3ccccc3OC(F)(F)F)noc2C2CC2)CC(C)C1Sc1cccc(C(=O)O)c1. The Morgan fingerprint density at radius 2 is 1.93 bits per heavy atom. The zero-order chi connectivity index (χ0) is 28.4. The second-order valence-electron chi connectivity index (χ2n) is 10.7. The molecule has 0 bridgehead atoms. The Kier molecular flexibility index (Phi) is 8.47. The van der Waals surface area contributed by atoms with Crippen molar-refractivity contribution in [1.82, 2.24) is 5.16 Å². The third-order valence-corrected chi connectivity index (χ3v) is 9.35. The van der Waals surface area contributed by atoms with Gasteiger partial charge in [0.2, 0.25) is 0 Å². The van der Waals surface area contributed by atoms with Gasteiger partial charge in [-0.2, -0.15) is 0 Å². The van der Waals surface area contributed by atoms with Crippen LogP contribution in [-0.4, -0.2) is 33.9 Å². The van der Waals surface area contributed by atoms with E-state index in [1.54, 1.807) is 42.1 Å². The topological polar surface area (TPSA) is 81.8 Å². The third kappa shape index (κ3) is 6.66. The predicted octanol–water partition coefficient (Wildman–Crippen LogP) is 8.32. The minimum Gasteiger partial charge on any atom is -0.478 e. The van der Waals surface area contributed by atoms with E-state index in [4.69, 9.17) is 9.26 Å². The van der Waals surface area contributed by atoms with E-state index in [1.165, 1.54) is 12.1 Å². The lowest BCUT2D eigenvalue weighted by Crippen LogP contribution is -2.37. The highest BCUT2D eigenvalue weighted by molar-refractivity contribution is 8.00. The van der Waals surface area contributed by atoms with Crippen molar-refractivity contribution in [2.45, 2.75) is 81.1 Å². The molecule has 40 heavy (non-hydrogen) atoms. The van der Waals surface area contributed by atoms with E-state index in [2.05, 4.69) is 23.7 Å². The van der Waals surface area contributed by atoms with E-state index in [0.717, 1.165) is 37.0 Å². The lowest BCUT2D eigenvalue weighted by molar-refractivity contribution is -0.274. The highest BCUT2D eigenvalue weighted by Gasteiger charge is 2.38. The van der Waals surface area contributed by atoms with Gasteiger partial charge < -0.3 is 19.1 Å². The number of rotatable bonds is 10. The zero-order valence-corrected chi connectivity index (χ0v) is 23.1. The van der Waals surface area contributed by atoms with Gasteiger partial charge in [0, 0.05) is 27.2 Å². The number of thioether (sulfide) groups is 1. The lowest BCUT2D eigenvalue weighted by Gasteiger charge is -2.40. The van der Waals surface area contributed by atoms with Gasteiger partial charge in [0.15, 0.2) is 0 Å². The van der Waals surface area contributed by atoms with Gasteiger partial charge >= 0.3 is 12.3 Å². The number of hydrogen-bond donors (Lipinski definition) is 1. The maximum Gasteiger partial charge on any atom is 0.573 e. The number of aromatic carboxylic acids is 1. The van der Waals surface area contributed by atoms with E-state index >= 15 is 0 Å². The summed E-state index contributed by atoms with van der Waals surface area (Å²) in [6.07, 6.45) is -0.352. The number of carboxylic acid groups (broad SMARTS) is 1. The summed E-state index contributed by atoms with van der Waals surface area (Å²) in [5, 5.41) is 13.9. The van der Waals surface area contributed by atoms with E-state index in [-0.39, 0.29) is 35.5 Å². The number of hydrogen-bond acceptors (Lipinski definition) is 6. The standard InChI is InChI=1S/C30H32F3NO5S/c1-3-18-14-21(13-17(2)28(18)40-22-8-6-7-20(15-22)29(35)36)37-16-24-26(34-39-27(24)19-11-12-19)23-9-4-5-10-25(23)38-30(31,32)33/h4-10,15,17-19,21,28H,3,11-14,16H2,1-2H3,(H,35,36). The minimum absolute atomic E-state index is 0.0291. The Balaban J connectivity index is 1.32. The van der Waals surface area contributed by atoms with E-state index in [0.29, 0.717) is 34.1 Å². The van der Waals surface area contributed by atoms with Gasteiger partial charge in [0.05, 0.1) is 18.3 Å². The van der Waals surface area contributed by atoms with Crippen molar-refractivity contribution in [1.29, 1.82) is 0 Å². The molecule has 0 radical (unpaired) electrons. The fraction of sp³-hybridized carbons (Fsp3) is 0.467. The summed E-state index contributed by atoms with van der Waals surface area (Å²) in [4.78, 5) is 12.4. The highest BCUT2D eigenvalue weighted by Crippen LogP contribution is 2.47. The first-order chi connectivity index (χ1) is 19.1. The van der Waals surface area contributed by atoms with Crippen molar-refractivity contribution in [3.8, 4) is 17.0 Å². The molecule has 2 fully saturated rings. The first kappa shape index (κ1) is 28.5. The van der Waals surface area contributed by atoms with Gasteiger partial charge in [-0.15, -0.1) is 24.9 Å². The van der Waals surface area contributed by atoms with Gasteiger partial charge in [0.1, 0.15) is 17.2 Å². The normalized spacial score (nSPS) is 23.2. The van der Waals surface area contributed by atoms with Gasteiger partial charge in [-0.05, 0) is 67.9 Å². The molecule has 3 aromatic rings. The number of carbonyl (C=O) groups is 1. The minimum atomic E-state index is -4.83. The summed E-state index contributed by atoms with van der Waals surface area (Å²) in [6.45, 7) is 4.54. The third-order valence-electron chi connectivity index (χ3n) is 7.70. The second-order valence-corrected chi connectivity index (χ2v) is 11.9. The van der Waals surface area contributed by atoms with Crippen LogP contribution in [0.5, 0.6) is 5.75 Å². The van der Waals surface area contributed by atoms with Crippen LogP contribution in [0.3, 0.4) is 0 Å². The number of nitrogens with zero attached hydrogens (tertiary/aromatic N) is 1. The van der Waals surface area contributed by atoms with E-state index in [9.17, 15) is 23.1 Å². The Morgan fingerprint density at radius 1 is 1.15 bits per heavy atom. The molecule has 0 spiro atoms. The maximum absolute atomic E-state index is 13.1. The first-order valence-electron chi connectivity index (χ1n) is 13.6. The van der Waals surface area contributed by atoms with Crippen LogP contribution in [0.2, 0.25) is 0 Å². The number of ether oxygens (including phenoxy) is 2. The number of benzene rings is 2. The Hall–Kier alpha value is -2.98. The van der Waals surface area contributed by atoms with Crippen molar-refractivity contribution >= 4 is 17.7 Å². The number of carboxylic acids is 1. The molecule has 0 amide bonds. The average molecular weight is 576 g/mol. The fourth-order valence-corrected chi connectivity index (χ4v) is 7.11. The van der Waals surface area contributed by atoms with E-state index in [1.807, 2.05) is 6.07 Å². The Labute approximate surface area is 235 Å². The van der Waals surface area contributed by atoms with Crippen LogP contribution in [-0.2, 0) is 11.3 Å². The number of halogens is 3. The predicted molar refractivity (Wildman–Crippen MR) is 144 cm³/mol. The number of aromatic nitrogens is 1. The summed E-state index contributed by atoms with van der Waals surface area (Å²) in [5.74, 6) is 0.291. The zero-order valence-electron chi connectivity index (χ0n) is 22.3. The first-order valence-corrected chi connectivity index (χ1v) is 14.5. The van der Waals surface area contributed by atoms with Crippen LogP contribution in [0.25, 0.3) is 11.3 Å². The largest absolute Gasteiger partial charge is 0.573 e. The smallest absolute Gasteiger partial charge is 0.478 e. The molecule has 2 aliphatic rings. The molecule has 4 unspecified atom stereocenters. The molecule has 0 aliphatic heterocycles. The molecule has 2 aromatic carbocycles. The molecule has 2 saturated carbocycles. The number of para-hydroxylation sites is 1. The molecule has 6 nitrogen and oxygen atoms in total. The molecule has 5 rings (SSSR count). The van der Waals surface area contributed by atoms with Crippen LogP contribution in [0.4, 0.5) is 13.2 Å². The quantitative estimate of drug-likeness (QED) is 0.260. The molecule has 2 aliphatic carbocycles. The summed E-state index contributed by atoms with van der Waals surface area (Å²) < 4.78 is 55.7. The van der Waals surface area contributed by atoms with Gasteiger partial charge in [-0.3, -0.25) is 0 Å². The Morgan fingerprint density at radius 3 is 2.62 bits per heavy atom. The van der Waals surface area contributed by atoms with Crippen molar-refractivity contribution in [2.24, 2.45) is 11.8 Å².